The summed E-state index contributed by atoms with van der Waals surface area (Å²) in [5.74, 6) is -0.0800. The van der Waals surface area contributed by atoms with Crippen LogP contribution in [0, 0.1) is 0 Å². The number of para-hydroxylation sites is 2. The van der Waals surface area contributed by atoms with E-state index in [1.807, 2.05) is 72.4 Å². The maximum atomic E-state index is 13.3. The highest BCUT2D eigenvalue weighted by Crippen LogP contribution is 2.20. The van der Waals surface area contributed by atoms with Gasteiger partial charge >= 0.3 is 6.03 Å². The number of carbonyl (C=O) groups is 3. The molecule has 0 unspecified atom stereocenters. The van der Waals surface area contributed by atoms with E-state index in [4.69, 9.17) is 5.73 Å². The zero-order valence-corrected chi connectivity index (χ0v) is 22.5. The van der Waals surface area contributed by atoms with Crippen LogP contribution in [0.3, 0.4) is 0 Å². The van der Waals surface area contributed by atoms with Crippen molar-refractivity contribution in [1.29, 1.82) is 0 Å². The third-order valence-corrected chi connectivity index (χ3v) is 6.75. The van der Waals surface area contributed by atoms with E-state index >= 15 is 0 Å². The molecule has 0 bridgehead atoms. The second-order valence-electron chi connectivity index (χ2n) is 9.87. The van der Waals surface area contributed by atoms with E-state index in [0.717, 1.165) is 24.2 Å². The van der Waals surface area contributed by atoms with E-state index < -0.39 is 0 Å². The molecule has 3 aromatic rings. The normalized spacial score (nSPS) is 12.8. The fourth-order valence-electron chi connectivity index (χ4n) is 4.48. The number of benzene rings is 3. The molecule has 9 nitrogen and oxygen atoms in total. The first kappa shape index (κ1) is 27.5. The Morgan fingerprint density at radius 2 is 1.67 bits per heavy atom. The Bertz CT molecular complexity index is 1290. The number of urea groups is 1. The zero-order valence-electron chi connectivity index (χ0n) is 22.5. The van der Waals surface area contributed by atoms with Gasteiger partial charge in [0.2, 0.25) is 5.91 Å². The van der Waals surface area contributed by atoms with Crippen LogP contribution in [0.4, 0.5) is 27.5 Å². The van der Waals surface area contributed by atoms with E-state index in [2.05, 4.69) is 10.6 Å². The SMILES string of the molecule is CN(C)c1ccc(NC(=O)N(CCCN2CCCC2=O)Cc2ccc(C(=O)Nc3ccccc3N)cc2)cc1. The van der Waals surface area contributed by atoms with Gasteiger partial charge in [-0.3, -0.25) is 9.59 Å². The van der Waals surface area contributed by atoms with E-state index in [9.17, 15) is 14.4 Å². The standard InChI is InChI=1S/C30H36N6O3/c1-34(2)25-16-14-24(15-17-25)32-30(39)36(20-6-19-35-18-5-9-28(35)37)21-22-10-12-23(13-11-22)29(38)33-27-8-4-3-7-26(27)31/h3-4,7-8,10-17H,5-6,9,18-21,31H2,1-2H3,(H,32,39)(H,33,38). The van der Waals surface area contributed by atoms with Crippen LogP contribution < -0.4 is 21.3 Å². The van der Waals surface area contributed by atoms with Crippen LogP contribution in [-0.2, 0) is 11.3 Å². The van der Waals surface area contributed by atoms with Crippen LogP contribution in [0.15, 0.2) is 72.8 Å². The predicted molar refractivity (Wildman–Crippen MR) is 156 cm³/mol. The number of rotatable bonds is 10. The van der Waals surface area contributed by atoms with Crippen LogP contribution in [0.1, 0.15) is 35.2 Å². The molecule has 0 atom stereocenters. The first-order valence-corrected chi connectivity index (χ1v) is 13.2. The summed E-state index contributed by atoms with van der Waals surface area (Å²) in [6, 6.07) is 21.7. The molecule has 39 heavy (non-hydrogen) atoms. The maximum Gasteiger partial charge on any atom is 0.322 e. The highest BCUT2D eigenvalue weighted by molar-refractivity contribution is 6.05. The van der Waals surface area contributed by atoms with Crippen LogP contribution in [0.2, 0.25) is 0 Å². The van der Waals surface area contributed by atoms with Crippen molar-refractivity contribution < 1.29 is 14.4 Å². The lowest BCUT2D eigenvalue weighted by Gasteiger charge is -2.25. The number of anilines is 4. The van der Waals surface area contributed by atoms with Crippen molar-refractivity contribution in [2.24, 2.45) is 0 Å². The highest BCUT2D eigenvalue weighted by Gasteiger charge is 2.21. The molecule has 1 saturated heterocycles. The minimum absolute atomic E-state index is 0.179. The quantitative estimate of drug-likeness (QED) is 0.332. The largest absolute Gasteiger partial charge is 0.397 e. The van der Waals surface area contributed by atoms with Crippen molar-refractivity contribution in [3.63, 3.8) is 0 Å². The second kappa shape index (κ2) is 12.8. The Labute approximate surface area is 229 Å². The fourth-order valence-corrected chi connectivity index (χ4v) is 4.48. The average molecular weight is 529 g/mol. The molecular formula is C30H36N6O3. The van der Waals surface area contributed by atoms with E-state index in [0.29, 0.717) is 55.1 Å². The molecule has 0 spiro atoms. The van der Waals surface area contributed by atoms with Gasteiger partial charge in [-0.05, 0) is 66.9 Å². The molecule has 0 aromatic heterocycles. The van der Waals surface area contributed by atoms with Crippen LogP contribution in [0.25, 0.3) is 0 Å². The molecule has 4 rings (SSSR count). The number of nitrogens with one attached hydrogen (secondary N) is 2. The van der Waals surface area contributed by atoms with Gasteiger partial charge in [0.1, 0.15) is 0 Å². The van der Waals surface area contributed by atoms with Gasteiger partial charge in [-0.1, -0.05) is 24.3 Å². The van der Waals surface area contributed by atoms with Crippen molar-refractivity contribution in [2.75, 3.05) is 55.0 Å². The van der Waals surface area contributed by atoms with Crippen molar-refractivity contribution in [3.8, 4) is 0 Å². The monoisotopic (exact) mass is 528 g/mol. The second-order valence-corrected chi connectivity index (χ2v) is 9.87. The third kappa shape index (κ3) is 7.50. The van der Waals surface area contributed by atoms with E-state index in [-0.39, 0.29) is 17.8 Å². The van der Waals surface area contributed by atoms with Crippen molar-refractivity contribution in [3.05, 3.63) is 83.9 Å². The lowest BCUT2D eigenvalue weighted by atomic mass is 10.1. The maximum absolute atomic E-state index is 13.3. The number of nitrogens with two attached hydrogens (primary N) is 1. The minimum Gasteiger partial charge on any atom is -0.397 e. The van der Waals surface area contributed by atoms with Gasteiger partial charge in [-0.2, -0.15) is 0 Å². The number of nitrogens with zero attached hydrogens (tertiary/aromatic N) is 3. The van der Waals surface area contributed by atoms with Gasteiger partial charge in [0.05, 0.1) is 11.4 Å². The number of hydrogen-bond acceptors (Lipinski definition) is 5. The first-order chi connectivity index (χ1) is 18.8. The average Bonchev–Trinajstić information content (AvgIpc) is 3.34. The molecule has 0 aliphatic carbocycles. The Hall–Kier alpha value is -4.53. The highest BCUT2D eigenvalue weighted by atomic mass is 16.2. The predicted octanol–water partition coefficient (Wildman–Crippen LogP) is 4.63. The van der Waals surface area contributed by atoms with E-state index in [1.54, 1.807) is 29.2 Å². The summed E-state index contributed by atoms with van der Waals surface area (Å²) in [5, 5.41) is 5.82. The molecule has 1 heterocycles. The van der Waals surface area contributed by atoms with Gasteiger partial charge in [0, 0.05) is 63.6 Å². The molecule has 9 heteroatoms. The smallest absolute Gasteiger partial charge is 0.322 e. The summed E-state index contributed by atoms with van der Waals surface area (Å²) in [6.45, 7) is 2.26. The summed E-state index contributed by atoms with van der Waals surface area (Å²) < 4.78 is 0. The Kier molecular flexibility index (Phi) is 9.04. The molecule has 0 saturated carbocycles. The minimum atomic E-state index is -0.259. The summed E-state index contributed by atoms with van der Waals surface area (Å²) in [5.41, 5.74) is 10.1. The topological polar surface area (TPSA) is 111 Å². The Balaban J connectivity index is 1.41. The van der Waals surface area contributed by atoms with Crippen LogP contribution in [-0.4, -0.2) is 61.4 Å². The van der Waals surface area contributed by atoms with Crippen molar-refractivity contribution in [2.45, 2.75) is 25.8 Å². The molecule has 3 aromatic carbocycles. The van der Waals surface area contributed by atoms with Crippen LogP contribution >= 0.6 is 0 Å². The zero-order chi connectivity index (χ0) is 27.8. The van der Waals surface area contributed by atoms with Gasteiger partial charge in [-0.15, -0.1) is 0 Å². The summed E-state index contributed by atoms with van der Waals surface area (Å²) >= 11 is 0. The molecule has 1 fully saturated rings. The molecule has 204 valence electrons. The number of nitrogen functional groups attached to an aromatic ring is 1. The molecule has 1 aliphatic heterocycles. The molecular weight excluding hydrogens is 492 g/mol. The Morgan fingerprint density at radius 1 is 0.949 bits per heavy atom. The lowest BCUT2D eigenvalue weighted by molar-refractivity contribution is -0.127. The molecule has 4 amide bonds. The van der Waals surface area contributed by atoms with E-state index in [1.165, 1.54) is 0 Å². The van der Waals surface area contributed by atoms with Crippen molar-refractivity contribution in [1.82, 2.24) is 9.80 Å². The summed E-state index contributed by atoms with van der Waals surface area (Å²) in [4.78, 5) is 43.6. The fraction of sp³-hybridized carbons (Fsp3) is 0.300. The third-order valence-electron chi connectivity index (χ3n) is 6.75. The summed E-state index contributed by atoms with van der Waals surface area (Å²) in [7, 11) is 3.93. The number of hydrogen-bond donors (Lipinski definition) is 3. The van der Waals surface area contributed by atoms with Crippen LogP contribution in [0.5, 0.6) is 0 Å². The lowest BCUT2D eigenvalue weighted by Crippen LogP contribution is -2.37. The van der Waals surface area contributed by atoms with Crippen molar-refractivity contribution >= 4 is 40.6 Å². The van der Waals surface area contributed by atoms with Gasteiger partial charge < -0.3 is 31.1 Å². The first-order valence-electron chi connectivity index (χ1n) is 13.2. The van der Waals surface area contributed by atoms with Gasteiger partial charge in [0.25, 0.3) is 5.91 Å². The molecule has 4 N–H and O–H groups in total. The summed E-state index contributed by atoms with van der Waals surface area (Å²) in [6.07, 6.45) is 2.17. The number of likely N-dealkylation sites (tertiary alicyclic amines) is 1. The number of amides is 4. The molecule has 0 radical (unpaired) electrons. The Morgan fingerprint density at radius 3 is 2.31 bits per heavy atom. The van der Waals surface area contributed by atoms with Gasteiger partial charge in [-0.25, -0.2) is 4.79 Å². The number of carbonyl (C=O) groups excluding carboxylic acids is 3. The van der Waals surface area contributed by atoms with Gasteiger partial charge in [0.15, 0.2) is 0 Å². The molecule has 1 aliphatic rings.